The maximum Gasteiger partial charge on any atom is 0.0747 e. The molecular formula is C10H10S2. The molecule has 1 aromatic carbocycles. The number of thiol groups is 1. The molecule has 0 bridgehead atoms. The number of benzene rings is 1. The van der Waals surface area contributed by atoms with Crippen molar-refractivity contribution >= 4 is 29.0 Å². The quantitative estimate of drug-likeness (QED) is 0.438. The number of allylic oxidation sites excluding steroid dienone is 1. The van der Waals surface area contributed by atoms with Crippen molar-refractivity contribution < 1.29 is 0 Å². The van der Waals surface area contributed by atoms with E-state index in [9.17, 15) is 0 Å². The zero-order valence-corrected chi connectivity index (χ0v) is 8.37. The van der Waals surface area contributed by atoms with Crippen LogP contribution >= 0.6 is 24.8 Å². The first kappa shape index (κ1) is 9.49. The summed E-state index contributed by atoms with van der Waals surface area (Å²) in [7, 11) is 0. The largest absolute Gasteiger partial charge is 0.131 e. The van der Waals surface area contributed by atoms with Gasteiger partial charge in [-0.05, 0) is 17.5 Å². The Morgan fingerprint density at radius 1 is 1.42 bits per heavy atom. The van der Waals surface area contributed by atoms with E-state index < -0.39 is 0 Å². The average molecular weight is 194 g/mol. The molecule has 0 saturated carbocycles. The molecule has 0 unspecified atom stereocenters. The van der Waals surface area contributed by atoms with Gasteiger partial charge in [-0.25, -0.2) is 0 Å². The fraction of sp³-hybridized carbons (Fsp3) is 0.100. The summed E-state index contributed by atoms with van der Waals surface area (Å²) >= 11 is 9.00. The second-order valence-corrected chi connectivity index (χ2v) is 3.65. The van der Waals surface area contributed by atoms with E-state index in [0.717, 1.165) is 12.0 Å². The Balaban J connectivity index is 2.85. The molecule has 12 heavy (non-hydrogen) atoms. The van der Waals surface area contributed by atoms with Gasteiger partial charge in [0.2, 0.25) is 0 Å². The Bertz CT molecular complexity index is 285. The molecule has 0 aliphatic rings. The first-order valence-electron chi connectivity index (χ1n) is 3.67. The van der Waals surface area contributed by atoms with Crippen LogP contribution in [0.2, 0.25) is 0 Å². The van der Waals surface area contributed by atoms with Crippen LogP contribution in [0.25, 0.3) is 0 Å². The van der Waals surface area contributed by atoms with Crippen LogP contribution in [0.4, 0.5) is 0 Å². The standard InChI is InChI=1S/C10H10S2/c1-2-3-8-4-6-9(7-5-8)10(11)12/h2,4-7H,1,3H2,(H,11,12). The van der Waals surface area contributed by atoms with Gasteiger partial charge in [-0.2, -0.15) is 0 Å². The third-order valence-corrected chi connectivity index (χ3v) is 2.07. The van der Waals surface area contributed by atoms with E-state index in [0.29, 0.717) is 4.20 Å². The van der Waals surface area contributed by atoms with Gasteiger partial charge in [0.05, 0.1) is 4.20 Å². The minimum atomic E-state index is 0.639. The third kappa shape index (κ3) is 2.47. The lowest BCUT2D eigenvalue weighted by molar-refractivity contribution is 1.28. The molecular weight excluding hydrogens is 184 g/mol. The van der Waals surface area contributed by atoms with E-state index in [4.69, 9.17) is 12.2 Å². The minimum Gasteiger partial charge on any atom is -0.131 e. The molecule has 1 rings (SSSR count). The van der Waals surface area contributed by atoms with E-state index in [1.807, 2.05) is 30.3 Å². The van der Waals surface area contributed by atoms with E-state index in [2.05, 4.69) is 19.2 Å². The summed E-state index contributed by atoms with van der Waals surface area (Å²) in [4.78, 5) is 0. The SMILES string of the molecule is C=CCc1ccc(C(=S)S)cc1. The lowest BCUT2D eigenvalue weighted by Gasteiger charge is -1.98. The Hall–Kier alpha value is -0.600. The molecule has 0 aliphatic carbocycles. The topological polar surface area (TPSA) is 0 Å². The van der Waals surface area contributed by atoms with Gasteiger partial charge in [0.15, 0.2) is 0 Å². The maximum atomic E-state index is 4.91. The molecule has 0 amide bonds. The van der Waals surface area contributed by atoms with Gasteiger partial charge in [-0.15, -0.1) is 19.2 Å². The van der Waals surface area contributed by atoms with Crippen LogP contribution in [-0.4, -0.2) is 4.20 Å². The molecule has 0 N–H and O–H groups in total. The van der Waals surface area contributed by atoms with Gasteiger partial charge in [0.1, 0.15) is 0 Å². The normalized spacial score (nSPS) is 9.42. The van der Waals surface area contributed by atoms with Crippen molar-refractivity contribution in [3.63, 3.8) is 0 Å². The highest BCUT2D eigenvalue weighted by Gasteiger charge is 1.94. The predicted molar refractivity (Wildman–Crippen MR) is 61.0 cm³/mol. The lowest BCUT2D eigenvalue weighted by atomic mass is 10.1. The van der Waals surface area contributed by atoms with Crippen molar-refractivity contribution in [1.82, 2.24) is 0 Å². The summed E-state index contributed by atoms with van der Waals surface area (Å²) in [5.41, 5.74) is 2.25. The average Bonchev–Trinajstić information content (AvgIpc) is 2.06. The number of hydrogen-bond donors (Lipinski definition) is 1. The fourth-order valence-electron chi connectivity index (χ4n) is 0.950. The van der Waals surface area contributed by atoms with Crippen LogP contribution in [0, 0.1) is 0 Å². The van der Waals surface area contributed by atoms with Gasteiger partial charge in [0, 0.05) is 0 Å². The minimum absolute atomic E-state index is 0.639. The smallest absolute Gasteiger partial charge is 0.0747 e. The molecule has 62 valence electrons. The van der Waals surface area contributed by atoms with Crippen LogP contribution in [-0.2, 0) is 6.42 Å². The number of thiocarbonyl (C=S) groups is 1. The predicted octanol–water partition coefficient (Wildman–Crippen LogP) is 3.02. The first-order valence-corrected chi connectivity index (χ1v) is 4.52. The Morgan fingerprint density at radius 3 is 2.42 bits per heavy atom. The highest BCUT2D eigenvalue weighted by atomic mass is 32.1. The van der Waals surface area contributed by atoms with Crippen molar-refractivity contribution in [3.8, 4) is 0 Å². The van der Waals surface area contributed by atoms with Crippen LogP contribution in [0.5, 0.6) is 0 Å². The van der Waals surface area contributed by atoms with E-state index in [1.165, 1.54) is 5.56 Å². The summed E-state index contributed by atoms with van der Waals surface area (Å²) in [5, 5.41) is 0. The summed E-state index contributed by atoms with van der Waals surface area (Å²) in [6.07, 6.45) is 2.79. The van der Waals surface area contributed by atoms with Gasteiger partial charge >= 0.3 is 0 Å². The van der Waals surface area contributed by atoms with E-state index >= 15 is 0 Å². The lowest BCUT2D eigenvalue weighted by Crippen LogP contribution is -1.87. The van der Waals surface area contributed by atoms with Gasteiger partial charge in [-0.1, -0.05) is 42.6 Å². The highest BCUT2D eigenvalue weighted by Crippen LogP contribution is 2.08. The molecule has 0 aromatic heterocycles. The summed E-state index contributed by atoms with van der Waals surface area (Å²) in [5.74, 6) is 0. The van der Waals surface area contributed by atoms with Crippen LogP contribution in [0.3, 0.4) is 0 Å². The summed E-state index contributed by atoms with van der Waals surface area (Å²) in [6.45, 7) is 3.67. The van der Waals surface area contributed by atoms with Crippen LogP contribution in [0.15, 0.2) is 36.9 Å². The van der Waals surface area contributed by atoms with Crippen molar-refractivity contribution in [1.29, 1.82) is 0 Å². The molecule has 0 fully saturated rings. The first-order chi connectivity index (χ1) is 5.74. The molecule has 2 heteroatoms. The van der Waals surface area contributed by atoms with Crippen molar-refractivity contribution in [2.75, 3.05) is 0 Å². The summed E-state index contributed by atoms with van der Waals surface area (Å²) < 4.78 is 0.639. The molecule has 0 nitrogen and oxygen atoms in total. The maximum absolute atomic E-state index is 4.91. The Morgan fingerprint density at radius 2 is 2.00 bits per heavy atom. The zero-order valence-electron chi connectivity index (χ0n) is 6.66. The number of hydrogen-bond acceptors (Lipinski definition) is 1. The number of rotatable bonds is 3. The molecule has 0 saturated heterocycles. The molecule has 1 aromatic rings. The van der Waals surface area contributed by atoms with Crippen molar-refractivity contribution in [2.45, 2.75) is 6.42 Å². The van der Waals surface area contributed by atoms with Crippen molar-refractivity contribution in [3.05, 3.63) is 48.0 Å². The summed E-state index contributed by atoms with van der Waals surface area (Å²) in [6, 6.07) is 8.04. The second-order valence-electron chi connectivity index (χ2n) is 2.49. The van der Waals surface area contributed by atoms with Crippen LogP contribution < -0.4 is 0 Å². The van der Waals surface area contributed by atoms with Crippen LogP contribution in [0.1, 0.15) is 11.1 Å². The Kier molecular flexibility index (Phi) is 3.50. The Labute approximate surface area is 83.7 Å². The highest BCUT2D eigenvalue weighted by molar-refractivity contribution is 8.11. The molecule has 0 aliphatic heterocycles. The molecule has 0 spiro atoms. The third-order valence-electron chi connectivity index (χ3n) is 1.58. The van der Waals surface area contributed by atoms with Gasteiger partial charge in [0.25, 0.3) is 0 Å². The monoisotopic (exact) mass is 194 g/mol. The molecule has 0 atom stereocenters. The second kappa shape index (κ2) is 4.43. The van der Waals surface area contributed by atoms with Gasteiger partial charge in [-0.3, -0.25) is 0 Å². The molecule has 0 heterocycles. The van der Waals surface area contributed by atoms with E-state index in [1.54, 1.807) is 0 Å². The molecule has 0 radical (unpaired) electrons. The van der Waals surface area contributed by atoms with E-state index in [-0.39, 0.29) is 0 Å². The zero-order chi connectivity index (χ0) is 8.97. The van der Waals surface area contributed by atoms with Crippen molar-refractivity contribution in [2.24, 2.45) is 0 Å². The van der Waals surface area contributed by atoms with Gasteiger partial charge < -0.3 is 0 Å². The fourth-order valence-corrected chi connectivity index (χ4v) is 1.24.